The van der Waals surface area contributed by atoms with Gasteiger partial charge in [0.05, 0.1) is 0 Å². The van der Waals surface area contributed by atoms with Crippen LogP contribution >= 0.6 is 11.3 Å². The number of phenolic OH excluding ortho intramolecular Hbond substituents is 1. The molecule has 29 heavy (non-hydrogen) atoms. The Morgan fingerprint density at radius 1 is 1.10 bits per heavy atom. The number of H-pyrrole nitrogens is 1. The van der Waals surface area contributed by atoms with Crippen molar-refractivity contribution in [1.29, 1.82) is 0 Å². The van der Waals surface area contributed by atoms with E-state index >= 15 is 0 Å². The van der Waals surface area contributed by atoms with Gasteiger partial charge < -0.3 is 14.9 Å². The standard InChI is InChI=1S/C21H14N2O5S/c24-13-4-7-15-17(11-13)29-21(19(27)16-9-10-22-23-16)20(15)28-14-5-1-12(2-6-14)3-8-18(25)26/h1-11,24H,(H,22,23)(H,25,26)/b8-3+. The molecule has 3 N–H and O–H groups in total. The van der Waals surface area contributed by atoms with Crippen LogP contribution in [0.3, 0.4) is 0 Å². The van der Waals surface area contributed by atoms with Crippen LogP contribution in [0.5, 0.6) is 17.2 Å². The van der Waals surface area contributed by atoms with Crippen molar-refractivity contribution in [1.82, 2.24) is 10.2 Å². The molecule has 0 aliphatic rings. The average Bonchev–Trinajstić information content (AvgIpc) is 3.35. The summed E-state index contributed by atoms with van der Waals surface area (Å²) in [5.41, 5.74) is 1.04. The van der Waals surface area contributed by atoms with E-state index in [1.165, 1.54) is 29.7 Å². The average molecular weight is 406 g/mol. The molecule has 0 spiro atoms. The van der Waals surface area contributed by atoms with E-state index in [0.717, 1.165) is 6.08 Å². The molecule has 2 aromatic heterocycles. The lowest BCUT2D eigenvalue weighted by molar-refractivity contribution is -0.131. The number of ketones is 1. The van der Waals surface area contributed by atoms with Crippen molar-refractivity contribution in [3.8, 4) is 17.2 Å². The molecule has 2 aromatic carbocycles. The number of carboxylic acid groups (broad SMARTS) is 1. The molecule has 0 fully saturated rings. The molecule has 0 saturated carbocycles. The van der Waals surface area contributed by atoms with Gasteiger partial charge in [0.25, 0.3) is 0 Å². The van der Waals surface area contributed by atoms with Gasteiger partial charge in [-0.3, -0.25) is 9.89 Å². The van der Waals surface area contributed by atoms with Gasteiger partial charge in [0.2, 0.25) is 5.78 Å². The SMILES string of the molecule is O=C(O)/C=C/c1ccc(Oc2c(C(=O)c3ccn[nH]3)sc3cc(O)ccc23)cc1. The highest BCUT2D eigenvalue weighted by molar-refractivity contribution is 7.21. The Morgan fingerprint density at radius 3 is 2.59 bits per heavy atom. The highest BCUT2D eigenvalue weighted by Crippen LogP contribution is 2.42. The van der Waals surface area contributed by atoms with Crippen LogP contribution in [0.25, 0.3) is 16.2 Å². The third-order valence-electron chi connectivity index (χ3n) is 4.10. The largest absolute Gasteiger partial charge is 0.508 e. The van der Waals surface area contributed by atoms with Crippen molar-refractivity contribution in [3.05, 3.63) is 76.9 Å². The fraction of sp³-hybridized carbons (Fsp3) is 0. The Morgan fingerprint density at radius 2 is 1.90 bits per heavy atom. The Kier molecular flexibility index (Phi) is 4.84. The van der Waals surface area contributed by atoms with E-state index in [2.05, 4.69) is 10.2 Å². The number of ether oxygens (including phenoxy) is 1. The zero-order valence-corrected chi connectivity index (χ0v) is 15.6. The molecule has 144 valence electrons. The Bertz CT molecular complexity index is 1220. The van der Waals surface area contributed by atoms with Crippen molar-refractivity contribution in [2.75, 3.05) is 0 Å². The number of fused-ring (bicyclic) bond motifs is 1. The first kappa shape index (κ1) is 18.5. The summed E-state index contributed by atoms with van der Waals surface area (Å²) >= 11 is 1.22. The van der Waals surface area contributed by atoms with E-state index in [9.17, 15) is 14.7 Å². The van der Waals surface area contributed by atoms with Crippen LogP contribution in [-0.2, 0) is 4.79 Å². The maximum atomic E-state index is 12.9. The van der Waals surface area contributed by atoms with Crippen LogP contribution in [0, 0.1) is 0 Å². The Balaban J connectivity index is 1.73. The maximum absolute atomic E-state index is 12.9. The highest BCUT2D eigenvalue weighted by atomic mass is 32.1. The molecule has 0 saturated heterocycles. The van der Waals surface area contributed by atoms with E-state index in [4.69, 9.17) is 9.84 Å². The number of thiophene rings is 1. The van der Waals surface area contributed by atoms with Crippen molar-refractivity contribution in [2.24, 2.45) is 0 Å². The second-order valence-corrected chi connectivity index (χ2v) is 7.14. The quantitative estimate of drug-likeness (QED) is 0.322. The number of phenols is 1. The smallest absolute Gasteiger partial charge is 0.328 e. The molecule has 0 radical (unpaired) electrons. The lowest BCUT2D eigenvalue weighted by Crippen LogP contribution is -2.01. The third kappa shape index (κ3) is 3.87. The number of carbonyl (C=O) groups is 2. The molecular weight excluding hydrogens is 392 g/mol. The number of hydrogen-bond acceptors (Lipinski definition) is 6. The summed E-state index contributed by atoms with van der Waals surface area (Å²) in [4.78, 5) is 23.9. The van der Waals surface area contributed by atoms with E-state index < -0.39 is 5.97 Å². The number of aromatic hydroxyl groups is 1. The van der Waals surface area contributed by atoms with Crippen LogP contribution in [0.1, 0.15) is 20.9 Å². The minimum Gasteiger partial charge on any atom is -0.508 e. The zero-order chi connectivity index (χ0) is 20.4. The van der Waals surface area contributed by atoms with E-state index in [1.54, 1.807) is 42.5 Å². The van der Waals surface area contributed by atoms with Crippen LogP contribution in [0.2, 0.25) is 0 Å². The number of rotatable bonds is 6. The van der Waals surface area contributed by atoms with Gasteiger partial charge >= 0.3 is 5.97 Å². The number of carbonyl (C=O) groups excluding carboxylic acids is 1. The Labute approximate surface area is 168 Å². The van der Waals surface area contributed by atoms with Crippen molar-refractivity contribution < 1.29 is 24.5 Å². The van der Waals surface area contributed by atoms with Crippen molar-refractivity contribution in [2.45, 2.75) is 0 Å². The van der Waals surface area contributed by atoms with Crippen molar-refractivity contribution in [3.63, 3.8) is 0 Å². The number of nitrogens with one attached hydrogen (secondary N) is 1. The predicted octanol–water partition coefficient (Wildman–Crippen LogP) is 4.45. The molecule has 2 heterocycles. The summed E-state index contributed by atoms with van der Waals surface area (Å²) in [6.07, 6.45) is 4.02. The van der Waals surface area contributed by atoms with Gasteiger partial charge in [0.1, 0.15) is 22.1 Å². The minimum atomic E-state index is -1.03. The fourth-order valence-corrected chi connectivity index (χ4v) is 3.87. The molecule has 0 aliphatic carbocycles. The highest BCUT2D eigenvalue weighted by Gasteiger charge is 2.23. The van der Waals surface area contributed by atoms with Crippen LogP contribution < -0.4 is 4.74 Å². The normalized spacial score (nSPS) is 11.2. The van der Waals surface area contributed by atoms with Crippen molar-refractivity contribution >= 4 is 39.3 Å². The van der Waals surface area contributed by atoms with Crippen LogP contribution in [0.15, 0.2) is 60.8 Å². The van der Waals surface area contributed by atoms with E-state index in [1.807, 2.05) is 0 Å². The van der Waals surface area contributed by atoms with Gasteiger partial charge in [0.15, 0.2) is 5.75 Å². The molecule has 0 bridgehead atoms. The summed E-state index contributed by atoms with van der Waals surface area (Å²) in [6.45, 7) is 0. The van der Waals surface area contributed by atoms with Gasteiger partial charge in [-0.15, -0.1) is 11.3 Å². The topological polar surface area (TPSA) is 113 Å². The molecule has 4 aromatic rings. The fourth-order valence-electron chi connectivity index (χ4n) is 2.75. The summed E-state index contributed by atoms with van der Waals surface area (Å²) in [5, 5.41) is 25.7. The number of nitrogens with zero attached hydrogens (tertiary/aromatic N) is 1. The minimum absolute atomic E-state index is 0.0976. The lowest BCUT2D eigenvalue weighted by atomic mass is 10.1. The number of carboxylic acids is 1. The summed E-state index contributed by atoms with van der Waals surface area (Å²) in [6, 6.07) is 13.2. The van der Waals surface area contributed by atoms with Gasteiger partial charge in [0, 0.05) is 22.4 Å². The number of benzene rings is 2. The molecule has 7 nitrogen and oxygen atoms in total. The first-order valence-electron chi connectivity index (χ1n) is 8.50. The third-order valence-corrected chi connectivity index (χ3v) is 5.23. The first-order valence-corrected chi connectivity index (χ1v) is 9.31. The number of aromatic nitrogens is 2. The van der Waals surface area contributed by atoms with Gasteiger partial charge in [-0.2, -0.15) is 5.10 Å². The predicted molar refractivity (Wildman–Crippen MR) is 109 cm³/mol. The number of aromatic amines is 1. The molecule has 8 heteroatoms. The molecule has 0 unspecified atom stereocenters. The molecule has 0 aliphatic heterocycles. The monoisotopic (exact) mass is 406 g/mol. The van der Waals surface area contributed by atoms with E-state index in [-0.39, 0.29) is 11.5 Å². The lowest BCUT2D eigenvalue weighted by Gasteiger charge is -2.07. The second kappa shape index (κ2) is 7.61. The second-order valence-electron chi connectivity index (χ2n) is 6.08. The zero-order valence-electron chi connectivity index (χ0n) is 14.8. The molecule has 0 atom stereocenters. The number of aliphatic carboxylic acids is 1. The summed E-state index contributed by atoms with van der Waals surface area (Å²) in [5.74, 6) is -0.317. The molecular formula is C21H14N2O5S. The van der Waals surface area contributed by atoms with Crippen LogP contribution in [-0.4, -0.2) is 32.2 Å². The van der Waals surface area contributed by atoms with Crippen LogP contribution in [0.4, 0.5) is 0 Å². The summed E-state index contributed by atoms with van der Waals surface area (Å²) < 4.78 is 6.75. The number of hydrogen-bond donors (Lipinski definition) is 3. The summed E-state index contributed by atoms with van der Waals surface area (Å²) in [7, 11) is 0. The van der Waals surface area contributed by atoms with E-state index in [0.29, 0.717) is 37.7 Å². The molecule has 4 rings (SSSR count). The molecule has 0 amide bonds. The Hall–Kier alpha value is -3.91. The first-order chi connectivity index (χ1) is 14.0. The maximum Gasteiger partial charge on any atom is 0.328 e. The van der Waals surface area contributed by atoms with Gasteiger partial charge in [-0.05, 0) is 48.0 Å². The van der Waals surface area contributed by atoms with Gasteiger partial charge in [-0.25, -0.2) is 4.79 Å². The van der Waals surface area contributed by atoms with Gasteiger partial charge in [-0.1, -0.05) is 12.1 Å².